The predicted octanol–water partition coefficient (Wildman–Crippen LogP) is 5.67. The van der Waals surface area contributed by atoms with E-state index >= 15 is 0 Å². The van der Waals surface area contributed by atoms with Crippen LogP contribution < -0.4 is 5.32 Å². The third-order valence-electron chi connectivity index (χ3n) is 3.27. The molecule has 1 amide bonds. The largest absolute Gasteiger partial charge is 0.325 e. The molecule has 0 aliphatic rings. The van der Waals surface area contributed by atoms with Gasteiger partial charge in [0.25, 0.3) is 0 Å². The van der Waals surface area contributed by atoms with Crippen molar-refractivity contribution in [2.45, 2.75) is 24.9 Å². The van der Waals surface area contributed by atoms with Gasteiger partial charge in [-0.3, -0.25) is 4.79 Å². The van der Waals surface area contributed by atoms with Crippen LogP contribution in [0.3, 0.4) is 0 Å². The zero-order valence-corrected chi connectivity index (χ0v) is 15.6. The average Bonchev–Trinajstić information content (AvgIpc) is 2.49. The van der Waals surface area contributed by atoms with Crippen molar-refractivity contribution in [3.8, 4) is 0 Å². The Balaban J connectivity index is 1.95. The van der Waals surface area contributed by atoms with Crippen LogP contribution in [0.1, 0.15) is 18.1 Å². The third-order valence-corrected chi connectivity index (χ3v) is 5.47. The summed E-state index contributed by atoms with van der Waals surface area (Å²) in [6.45, 7) is 3.86. The molecule has 2 aromatic rings. The molecule has 0 spiro atoms. The van der Waals surface area contributed by atoms with E-state index in [4.69, 9.17) is 11.6 Å². The highest BCUT2D eigenvalue weighted by Crippen LogP contribution is 2.25. The smallest absolute Gasteiger partial charge is 0.237 e. The van der Waals surface area contributed by atoms with Crippen LogP contribution in [0.15, 0.2) is 46.9 Å². The summed E-state index contributed by atoms with van der Waals surface area (Å²) in [5.41, 5.74) is 2.96. The van der Waals surface area contributed by atoms with Crippen molar-refractivity contribution in [1.29, 1.82) is 0 Å². The Labute approximate surface area is 148 Å². The molecular weight excluding hydrogens is 382 g/mol. The SMILES string of the molecule is Cc1ccc(Cl)cc1NC(=O)[C@@H](C)SCc1ccccc1Br. The van der Waals surface area contributed by atoms with Gasteiger partial charge in [-0.05, 0) is 43.2 Å². The summed E-state index contributed by atoms with van der Waals surface area (Å²) in [5.74, 6) is 0.771. The van der Waals surface area contributed by atoms with Crippen LogP contribution in [-0.4, -0.2) is 11.2 Å². The Morgan fingerprint density at radius 1 is 1.32 bits per heavy atom. The topological polar surface area (TPSA) is 29.1 Å². The molecule has 1 N–H and O–H groups in total. The monoisotopic (exact) mass is 397 g/mol. The average molecular weight is 399 g/mol. The number of thioether (sulfide) groups is 1. The number of hydrogen-bond donors (Lipinski definition) is 1. The first-order valence-electron chi connectivity index (χ1n) is 6.89. The van der Waals surface area contributed by atoms with Crippen LogP contribution >= 0.6 is 39.3 Å². The lowest BCUT2D eigenvalue weighted by Crippen LogP contribution is -2.23. The van der Waals surface area contributed by atoms with Gasteiger partial charge in [-0.15, -0.1) is 11.8 Å². The first-order valence-corrected chi connectivity index (χ1v) is 9.11. The Morgan fingerprint density at radius 2 is 2.05 bits per heavy atom. The molecule has 2 rings (SSSR count). The molecule has 22 heavy (non-hydrogen) atoms. The lowest BCUT2D eigenvalue weighted by Gasteiger charge is -2.14. The van der Waals surface area contributed by atoms with Crippen LogP contribution in [0.5, 0.6) is 0 Å². The maximum atomic E-state index is 12.3. The number of hydrogen-bond acceptors (Lipinski definition) is 2. The summed E-state index contributed by atoms with van der Waals surface area (Å²) >= 11 is 11.1. The van der Waals surface area contributed by atoms with Gasteiger partial charge in [0.05, 0.1) is 5.25 Å². The number of aryl methyl sites for hydroxylation is 1. The number of benzene rings is 2. The number of nitrogens with one attached hydrogen (secondary N) is 1. The van der Waals surface area contributed by atoms with Crippen molar-refractivity contribution in [3.63, 3.8) is 0 Å². The van der Waals surface area contributed by atoms with Gasteiger partial charge in [0.15, 0.2) is 0 Å². The minimum absolute atomic E-state index is 0.0116. The number of carbonyl (C=O) groups is 1. The molecule has 0 radical (unpaired) electrons. The molecule has 0 aliphatic carbocycles. The van der Waals surface area contributed by atoms with Crippen LogP contribution in [0.25, 0.3) is 0 Å². The minimum atomic E-state index is -0.148. The number of rotatable bonds is 5. The van der Waals surface area contributed by atoms with Crippen LogP contribution in [0.4, 0.5) is 5.69 Å². The van der Waals surface area contributed by atoms with Gasteiger partial charge in [-0.25, -0.2) is 0 Å². The second-order valence-electron chi connectivity index (χ2n) is 4.99. The van der Waals surface area contributed by atoms with E-state index in [1.54, 1.807) is 17.8 Å². The van der Waals surface area contributed by atoms with Gasteiger partial charge in [0.1, 0.15) is 0 Å². The summed E-state index contributed by atoms with van der Waals surface area (Å²) in [4.78, 5) is 12.3. The molecule has 2 nitrogen and oxygen atoms in total. The Kier molecular flexibility index (Phi) is 6.36. The lowest BCUT2D eigenvalue weighted by atomic mass is 10.2. The Hall–Kier alpha value is -0.970. The van der Waals surface area contributed by atoms with E-state index in [-0.39, 0.29) is 11.2 Å². The molecule has 0 aliphatic heterocycles. The van der Waals surface area contributed by atoms with Gasteiger partial charge < -0.3 is 5.32 Å². The fourth-order valence-electron chi connectivity index (χ4n) is 1.87. The second kappa shape index (κ2) is 8.04. The molecule has 0 saturated heterocycles. The quantitative estimate of drug-likeness (QED) is 0.703. The zero-order chi connectivity index (χ0) is 16.1. The predicted molar refractivity (Wildman–Crippen MR) is 99.7 cm³/mol. The number of amides is 1. The second-order valence-corrected chi connectivity index (χ2v) is 7.61. The molecule has 0 unspecified atom stereocenters. The van der Waals surface area contributed by atoms with Gasteiger partial charge in [-0.2, -0.15) is 0 Å². The first-order chi connectivity index (χ1) is 10.5. The number of anilines is 1. The molecule has 1 atom stereocenters. The van der Waals surface area contributed by atoms with E-state index in [0.717, 1.165) is 21.5 Å². The third kappa shape index (κ3) is 4.77. The first kappa shape index (κ1) is 17.4. The summed E-state index contributed by atoms with van der Waals surface area (Å²) in [6, 6.07) is 13.5. The highest BCUT2D eigenvalue weighted by molar-refractivity contribution is 9.10. The van der Waals surface area contributed by atoms with E-state index in [1.807, 2.05) is 44.2 Å². The maximum absolute atomic E-state index is 12.3. The van der Waals surface area contributed by atoms with Crippen molar-refractivity contribution in [2.75, 3.05) is 5.32 Å². The van der Waals surface area contributed by atoms with Gasteiger partial charge in [0, 0.05) is 20.9 Å². The highest BCUT2D eigenvalue weighted by atomic mass is 79.9. The van der Waals surface area contributed by atoms with Crippen molar-refractivity contribution in [2.24, 2.45) is 0 Å². The fourth-order valence-corrected chi connectivity index (χ4v) is 3.54. The van der Waals surface area contributed by atoms with Crippen molar-refractivity contribution in [1.82, 2.24) is 0 Å². The lowest BCUT2D eigenvalue weighted by molar-refractivity contribution is -0.115. The molecule has 116 valence electrons. The molecule has 0 fully saturated rings. The molecule has 0 heterocycles. The normalized spacial score (nSPS) is 12.0. The van der Waals surface area contributed by atoms with Gasteiger partial charge in [-0.1, -0.05) is 51.8 Å². The van der Waals surface area contributed by atoms with Crippen LogP contribution in [0.2, 0.25) is 5.02 Å². The summed E-state index contributed by atoms with van der Waals surface area (Å²) in [5, 5.41) is 3.42. The molecule has 0 saturated carbocycles. The molecular formula is C17H17BrClNOS. The molecule has 5 heteroatoms. The summed E-state index contributed by atoms with van der Waals surface area (Å²) in [7, 11) is 0. The standard InChI is InChI=1S/C17H17BrClNOS/c1-11-7-8-14(19)9-16(11)20-17(21)12(2)22-10-13-5-3-4-6-15(13)18/h3-9,12H,10H2,1-2H3,(H,20,21)/t12-/m1/s1. The van der Waals surface area contributed by atoms with Gasteiger partial charge in [0.2, 0.25) is 5.91 Å². The van der Waals surface area contributed by atoms with E-state index < -0.39 is 0 Å². The number of carbonyl (C=O) groups excluding carboxylic acids is 1. The van der Waals surface area contributed by atoms with E-state index in [9.17, 15) is 4.79 Å². The van der Waals surface area contributed by atoms with Crippen LogP contribution in [0, 0.1) is 6.92 Å². The fraction of sp³-hybridized carbons (Fsp3) is 0.235. The van der Waals surface area contributed by atoms with Crippen LogP contribution in [-0.2, 0) is 10.5 Å². The van der Waals surface area contributed by atoms with E-state index in [1.165, 1.54) is 5.56 Å². The van der Waals surface area contributed by atoms with Crippen molar-refractivity contribution >= 4 is 50.9 Å². The van der Waals surface area contributed by atoms with Crippen molar-refractivity contribution < 1.29 is 4.79 Å². The Morgan fingerprint density at radius 3 is 2.77 bits per heavy atom. The summed E-state index contributed by atoms with van der Waals surface area (Å²) < 4.78 is 1.07. The Bertz CT molecular complexity index is 677. The van der Waals surface area contributed by atoms with E-state index in [2.05, 4.69) is 27.3 Å². The maximum Gasteiger partial charge on any atom is 0.237 e. The van der Waals surface area contributed by atoms with E-state index in [0.29, 0.717) is 5.02 Å². The minimum Gasteiger partial charge on any atom is -0.325 e. The molecule has 2 aromatic carbocycles. The molecule has 0 aromatic heterocycles. The van der Waals surface area contributed by atoms with Crippen molar-refractivity contribution in [3.05, 3.63) is 63.1 Å². The highest BCUT2D eigenvalue weighted by Gasteiger charge is 2.15. The molecule has 0 bridgehead atoms. The number of halogens is 2. The zero-order valence-electron chi connectivity index (χ0n) is 12.4. The summed E-state index contributed by atoms with van der Waals surface area (Å²) in [6.07, 6.45) is 0. The van der Waals surface area contributed by atoms with Gasteiger partial charge >= 0.3 is 0 Å².